The van der Waals surface area contributed by atoms with Crippen molar-refractivity contribution in [1.29, 1.82) is 0 Å². The highest BCUT2D eigenvalue weighted by Gasteiger charge is 2.18. The van der Waals surface area contributed by atoms with Crippen LogP contribution in [0.5, 0.6) is 0 Å². The molecular formula is C13H21NO4. The number of methoxy groups -OCH3 is 1. The maximum atomic E-state index is 11.5. The van der Waals surface area contributed by atoms with Crippen molar-refractivity contribution in [1.82, 2.24) is 4.90 Å². The largest absolute Gasteiger partial charge is 0.465 e. The van der Waals surface area contributed by atoms with Crippen LogP contribution in [0.15, 0.2) is 10.5 Å². The molecule has 1 heterocycles. The second kappa shape index (κ2) is 6.56. The van der Waals surface area contributed by atoms with E-state index in [4.69, 9.17) is 9.52 Å². The number of hydrogen-bond donors (Lipinski definition) is 1. The summed E-state index contributed by atoms with van der Waals surface area (Å²) in [5.41, 5.74) is 0.459. The summed E-state index contributed by atoms with van der Waals surface area (Å²) in [4.78, 5) is 13.5. The summed E-state index contributed by atoms with van der Waals surface area (Å²) in [7, 11) is 1.35. The first kappa shape index (κ1) is 14.7. The van der Waals surface area contributed by atoms with Crippen molar-refractivity contribution in [3.8, 4) is 0 Å². The summed E-state index contributed by atoms with van der Waals surface area (Å²) in [6.07, 6.45) is 0. The summed E-state index contributed by atoms with van der Waals surface area (Å²) in [6, 6.07) is 2.00. The molecule has 0 bridgehead atoms. The fraction of sp³-hybridized carbons (Fsp3) is 0.615. The quantitative estimate of drug-likeness (QED) is 0.782. The zero-order valence-corrected chi connectivity index (χ0v) is 11.4. The van der Waals surface area contributed by atoms with Crippen LogP contribution in [-0.2, 0) is 11.3 Å². The van der Waals surface area contributed by atoms with Crippen LogP contribution in [0.1, 0.15) is 35.7 Å². The number of aryl methyl sites for hydroxylation is 1. The van der Waals surface area contributed by atoms with E-state index in [9.17, 15) is 4.79 Å². The van der Waals surface area contributed by atoms with E-state index in [2.05, 4.69) is 9.64 Å². The van der Waals surface area contributed by atoms with Crippen molar-refractivity contribution in [3.63, 3.8) is 0 Å². The number of aliphatic hydroxyl groups is 1. The van der Waals surface area contributed by atoms with Gasteiger partial charge in [-0.15, -0.1) is 0 Å². The van der Waals surface area contributed by atoms with Crippen molar-refractivity contribution in [2.24, 2.45) is 0 Å². The van der Waals surface area contributed by atoms with E-state index >= 15 is 0 Å². The van der Waals surface area contributed by atoms with Gasteiger partial charge in [-0.05, 0) is 26.8 Å². The highest BCUT2D eigenvalue weighted by molar-refractivity contribution is 5.90. The Balaban J connectivity index is 2.81. The van der Waals surface area contributed by atoms with E-state index in [0.29, 0.717) is 36.2 Å². The molecule has 0 radical (unpaired) electrons. The number of rotatable bonds is 6. The fourth-order valence-corrected chi connectivity index (χ4v) is 1.78. The predicted octanol–water partition coefficient (Wildman–Crippen LogP) is 1.58. The normalized spacial score (nSPS) is 11.3. The van der Waals surface area contributed by atoms with Crippen molar-refractivity contribution in [3.05, 3.63) is 23.2 Å². The average molecular weight is 255 g/mol. The first-order valence-corrected chi connectivity index (χ1v) is 6.02. The molecule has 1 aromatic heterocycles. The van der Waals surface area contributed by atoms with Gasteiger partial charge in [-0.3, -0.25) is 4.90 Å². The van der Waals surface area contributed by atoms with Gasteiger partial charge in [0.2, 0.25) is 0 Å². The summed E-state index contributed by atoms with van der Waals surface area (Å²) < 4.78 is 10.2. The number of furan rings is 1. The number of hydrogen-bond acceptors (Lipinski definition) is 5. The number of carbonyl (C=O) groups is 1. The second-order valence-electron chi connectivity index (χ2n) is 4.46. The van der Waals surface area contributed by atoms with Crippen LogP contribution in [0.2, 0.25) is 0 Å². The van der Waals surface area contributed by atoms with Gasteiger partial charge in [0.1, 0.15) is 17.1 Å². The molecule has 0 aliphatic heterocycles. The van der Waals surface area contributed by atoms with E-state index in [0.717, 1.165) is 0 Å². The van der Waals surface area contributed by atoms with Gasteiger partial charge in [0.25, 0.3) is 0 Å². The molecule has 1 rings (SSSR count). The van der Waals surface area contributed by atoms with Gasteiger partial charge >= 0.3 is 5.97 Å². The molecule has 1 N–H and O–H groups in total. The average Bonchev–Trinajstić information content (AvgIpc) is 2.68. The predicted molar refractivity (Wildman–Crippen MR) is 67.4 cm³/mol. The number of aliphatic hydroxyl groups excluding tert-OH is 1. The third-order valence-electron chi connectivity index (χ3n) is 2.85. The number of nitrogens with zero attached hydrogens (tertiary/aromatic N) is 1. The Labute approximate surface area is 107 Å². The minimum Gasteiger partial charge on any atom is -0.465 e. The minimum absolute atomic E-state index is 0.0989. The molecule has 5 nitrogen and oxygen atoms in total. The van der Waals surface area contributed by atoms with Gasteiger partial charge in [-0.25, -0.2) is 4.79 Å². The Bertz CT molecular complexity index is 398. The maximum Gasteiger partial charge on any atom is 0.341 e. The lowest BCUT2D eigenvalue weighted by atomic mass is 10.2. The molecule has 0 saturated heterocycles. The Morgan fingerprint density at radius 3 is 2.72 bits per heavy atom. The molecule has 0 spiro atoms. The number of esters is 1. The van der Waals surface area contributed by atoms with Gasteiger partial charge in [-0.1, -0.05) is 0 Å². The Morgan fingerprint density at radius 1 is 1.56 bits per heavy atom. The second-order valence-corrected chi connectivity index (χ2v) is 4.46. The van der Waals surface area contributed by atoms with Gasteiger partial charge in [0.05, 0.1) is 20.3 Å². The third-order valence-corrected chi connectivity index (χ3v) is 2.85. The minimum atomic E-state index is -0.388. The lowest BCUT2D eigenvalue weighted by molar-refractivity contribution is 0.0599. The highest BCUT2D eigenvalue weighted by Crippen LogP contribution is 2.18. The Morgan fingerprint density at radius 2 is 2.22 bits per heavy atom. The van der Waals surface area contributed by atoms with Crippen LogP contribution in [0.25, 0.3) is 0 Å². The zero-order chi connectivity index (χ0) is 13.7. The van der Waals surface area contributed by atoms with Gasteiger partial charge < -0.3 is 14.3 Å². The maximum absolute atomic E-state index is 11.5. The smallest absolute Gasteiger partial charge is 0.341 e. The van der Waals surface area contributed by atoms with Crippen molar-refractivity contribution in [2.75, 3.05) is 20.3 Å². The molecule has 0 atom stereocenters. The summed E-state index contributed by atoms with van der Waals surface area (Å²) in [5.74, 6) is 0.875. The molecule has 0 aliphatic rings. The van der Waals surface area contributed by atoms with Crippen LogP contribution < -0.4 is 0 Å². The zero-order valence-electron chi connectivity index (χ0n) is 11.4. The molecule has 18 heavy (non-hydrogen) atoms. The van der Waals surface area contributed by atoms with E-state index in [1.165, 1.54) is 7.11 Å². The van der Waals surface area contributed by atoms with Crippen LogP contribution in [0, 0.1) is 6.92 Å². The van der Waals surface area contributed by atoms with E-state index in [1.807, 2.05) is 13.8 Å². The first-order chi connectivity index (χ1) is 8.49. The SMILES string of the molecule is COC(=O)c1cc(CN(CCO)C(C)C)oc1C. The molecule has 0 unspecified atom stereocenters. The molecule has 102 valence electrons. The van der Waals surface area contributed by atoms with E-state index in [1.54, 1.807) is 13.0 Å². The lowest BCUT2D eigenvalue weighted by Crippen LogP contribution is -2.32. The molecule has 0 aliphatic carbocycles. The third kappa shape index (κ3) is 3.58. The molecule has 0 saturated carbocycles. The summed E-state index contributed by atoms with van der Waals surface area (Å²) in [6.45, 7) is 7.07. The van der Waals surface area contributed by atoms with E-state index < -0.39 is 0 Å². The molecule has 0 amide bonds. The Kier molecular flexibility index (Phi) is 5.37. The van der Waals surface area contributed by atoms with Crippen molar-refractivity contribution in [2.45, 2.75) is 33.4 Å². The summed E-state index contributed by atoms with van der Waals surface area (Å²) in [5, 5.41) is 9.00. The first-order valence-electron chi connectivity index (χ1n) is 6.02. The van der Waals surface area contributed by atoms with Crippen LogP contribution in [0.3, 0.4) is 0 Å². The monoisotopic (exact) mass is 255 g/mol. The summed E-state index contributed by atoms with van der Waals surface area (Å²) >= 11 is 0. The molecule has 0 aromatic carbocycles. The molecular weight excluding hydrogens is 234 g/mol. The molecule has 0 fully saturated rings. The number of carbonyl (C=O) groups excluding carboxylic acids is 1. The fourth-order valence-electron chi connectivity index (χ4n) is 1.78. The Hall–Kier alpha value is -1.33. The van der Waals surface area contributed by atoms with Crippen molar-refractivity contribution < 1.29 is 19.1 Å². The topological polar surface area (TPSA) is 62.9 Å². The molecule has 5 heteroatoms. The van der Waals surface area contributed by atoms with Crippen molar-refractivity contribution >= 4 is 5.97 Å². The van der Waals surface area contributed by atoms with Crippen LogP contribution >= 0.6 is 0 Å². The highest BCUT2D eigenvalue weighted by atomic mass is 16.5. The van der Waals surface area contributed by atoms with Gasteiger partial charge in [-0.2, -0.15) is 0 Å². The van der Waals surface area contributed by atoms with Crippen LogP contribution in [-0.4, -0.2) is 42.3 Å². The molecule has 1 aromatic rings. The van der Waals surface area contributed by atoms with Gasteiger partial charge in [0.15, 0.2) is 0 Å². The van der Waals surface area contributed by atoms with E-state index in [-0.39, 0.29) is 12.6 Å². The van der Waals surface area contributed by atoms with Crippen LogP contribution in [0.4, 0.5) is 0 Å². The van der Waals surface area contributed by atoms with Gasteiger partial charge in [0, 0.05) is 12.6 Å². The standard InChI is InChI=1S/C13H21NO4/c1-9(2)14(5-6-15)8-11-7-12(10(3)18-11)13(16)17-4/h7,9,15H,5-6,8H2,1-4H3. The number of ether oxygens (including phenoxy) is 1. The lowest BCUT2D eigenvalue weighted by Gasteiger charge is -2.24.